The summed E-state index contributed by atoms with van der Waals surface area (Å²) in [6.07, 6.45) is 0. The van der Waals surface area contributed by atoms with Crippen molar-refractivity contribution in [3.05, 3.63) is 88.4 Å². The predicted molar refractivity (Wildman–Crippen MR) is 103 cm³/mol. The summed E-state index contributed by atoms with van der Waals surface area (Å²) < 4.78 is 11.0. The number of hydrogen-bond acceptors (Lipinski definition) is 3. The van der Waals surface area contributed by atoms with Gasteiger partial charge in [-0.05, 0) is 47.0 Å². The van der Waals surface area contributed by atoms with E-state index in [1.165, 1.54) is 22.4 Å². The number of halogens is 1. The first kappa shape index (κ1) is 15.6. The van der Waals surface area contributed by atoms with Gasteiger partial charge in [0.15, 0.2) is 11.5 Å². The van der Waals surface area contributed by atoms with Gasteiger partial charge >= 0.3 is 0 Å². The molecule has 1 unspecified atom stereocenters. The van der Waals surface area contributed by atoms with E-state index in [4.69, 9.17) is 21.1 Å². The summed E-state index contributed by atoms with van der Waals surface area (Å²) >= 11 is 6.02. The number of ether oxygens (including phenoxy) is 2. The molecule has 5 rings (SSSR count). The molecule has 0 aliphatic carbocycles. The van der Waals surface area contributed by atoms with Crippen molar-refractivity contribution < 1.29 is 9.47 Å². The van der Waals surface area contributed by atoms with E-state index in [-0.39, 0.29) is 0 Å². The Morgan fingerprint density at radius 1 is 0.923 bits per heavy atom. The minimum absolute atomic E-state index is 0.308. The Kier molecular flexibility index (Phi) is 3.75. The SMILES string of the molecule is Clc1ccc(CN2CC(c3ccc4c(c3)OCO4)c3ccccc32)cc1. The molecule has 2 aliphatic rings. The molecule has 3 nitrogen and oxygen atoms in total. The van der Waals surface area contributed by atoms with E-state index in [0.717, 1.165) is 29.6 Å². The van der Waals surface area contributed by atoms with Crippen molar-refractivity contribution >= 4 is 17.3 Å². The summed E-state index contributed by atoms with van der Waals surface area (Å²) in [5.74, 6) is 2.00. The van der Waals surface area contributed by atoms with Crippen LogP contribution < -0.4 is 14.4 Å². The summed E-state index contributed by atoms with van der Waals surface area (Å²) in [5.41, 5.74) is 5.18. The van der Waals surface area contributed by atoms with Crippen LogP contribution in [-0.2, 0) is 6.54 Å². The monoisotopic (exact) mass is 363 g/mol. The van der Waals surface area contributed by atoms with Crippen LogP contribution in [0.3, 0.4) is 0 Å². The van der Waals surface area contributed by atoms with Gasteiger partial charge in [0.25, 0.3) is 0 Å². The number of fused-ring (bicyclic) bond motifs is 2. The highest BCUT2D eigenvalue weighted by atomic mass is 35.5. The first-order valence-corrected chi connectivity index (χ1v) is 9.13. The standard InChI is InChI=1S/C22H18ClNO2/c23-17-8-5-15(6-9-17)12-24-13-19(18-3-1-2-4-20(18)24)16-7-10-21-22(11-16)26-14-25-21/h1-11,19H,12-14H2. The highest BCUT2D eigenvalue weighted by Crippen LogP contribution is 2.43. The first-order valence-electron chi connectivity index (χ1n) is 8.76. The molecule has 0 saturated heterocycles. The van der Waals surface area contributed by atoms with Crippen LogP contribution in [0.5, 0.6) is 11.5 Å². The Morgan fingerprint density at radius 2 is 1.73 bits per heavy atom. The lowest BCUT2D eigenvalue weighted by atomic mass is 9.93. The van der Waals surface area contributed by atoms with E-state index in [1.54, 1.807) is 0 Å². The largest absolute Gasteiger partial charge is 0.454 e. The number of hydrogen-bond donors (Lipinski definition) is 0. The van der Waals surface area contributed by atoms with Crippen LogP contribution in [0.15, 0.2) is 66.7 Å². The van der Waals surface area contributed by atoms with Gasteiger partial charge in [0.05, 0.1) is 0 Å². The molecule has 0 bridgehead atoms. The minimum atomic E-state index is 0.308. The third kappa shape index (κ3) is 2.69. The van der Waals surface area contributed by atoms with Crippen LogP contribution in [0.1, 0.15) is 22.6 Å². The molecule has 0 fully saturated rings. The van der Waals surface area contributed by atoms with Crippen LogP contribution >= 0.6 is 11.6 Å². The fourth-order valence-electron chi connectivity index (χ4n) is 3.86. The van der Waals surface area contributed by atoms with Crippen molar-refractivity contribution in [2.24, 2.45) is 0 Å². The van der Waals surface area contributed by atoms with Gasteiger partial charge in [0.1, 0.15) is 0 Å². The lowest BCUT2D eigenvalue weighted by Gasteiger charge is -2.20. The maximum Gasteiger partial charge on any atom is 0.231 e. The minimum Gasteiger partial charge on any atom is -0.454 e. The Balaban J connectivity index is 1.48. The maximum absolute atomic E-state index is 6.02. The van der Waals surface area contributed by atoms with Gasteiger partial charge in [0, 0.05) is 29.7 Å². The number of rotatable bonds is 3. The van der Waals surface area contributed by atoms with E-state index in [2.05, 4.69) is 53.4 Å². The molecular formula is C22H18ClNO2. The molecule has 0 radical (unpaired) electrons. The van der Waals surface area contributed by atoms with Crippen molar-refractivity contribution in [2.75, 3.05) is 18.2 Å². The van der Waals surface area contributed by atoms with E-state index in [1.807, 2.05) is 18.2 Å². The van der Waals surface area contributed by atoms with E-state index in [0.29, 0.717) is 12.7 Å². The molecule has 2 heterocycles. The van der Waals surface area contributed by atoms with Gasteiger partial charge in [0.2, 0.25) is 6.79 Å². The van der Waals surface area contributed by atoms with Gasteiger partial charge in [-0.25, -0.2) is 0 Å². The Hall–Kier alpha value is -2.65. The summed E-state index contributed by atoms with van der Waals surface area (Å²) in [5, 5.41) is 0.772. The zero-order valence-electron chi connectivity index (χ0n) is 14.2. The molecule has 0 N–H and O–H groups in total. The van der Waals surface area contributed by atoms with E-state index < -0.39 is 0 Å². The van der Waals surface area contributed by atoms with Gasteiger partial charge in [-0.15, -0.1) is 0 Å². The number of benzene rings is 3. The summed E-state index contributed by atoms with van der Waals surface area (Å²) in [6, 6.07) is 23.0. The third-order valence-electron chi connectivity index (χ3n) is 5.14. The van der Waals surface area contributed by atoms with Crippen molar-refractivity contribution in [2.45, 2.75) is 12.5 Å². The van der Waals surface area contributed by atoms with Crippen LogP contribution in [-0.4, -0.2) is 13.3 Å². The highest BCUT2D eigenvalue weighted by Gasteiger charge is 2.30. The molecule has 3 aromatic carbocycles. The quantitative estimate of drug-likeness (QED) is 0.636. The van der Waals surface area contributed by atoms with E-state index >= 15 is 0 Å². The van der Waals surface area contributed by atoms with Crippen LogP contribution in [0, 0.1) is 0 Å². The Labute approximate surface area is 157 Å². The highest BCUT2D eigenvalue weighted by molar-refractivity contribution is 6.30. The fourth-order valence-corrected chi connectivity index (χ4v) is 3.99. The Morgan fingerprint density at radius 3 is 2.62 bits per heavy atom. The molecule has 4 heteroatoms. The molecule has 0 amide bonds. The molecule has 3 aromatic rings. The molecule has 0 aromatic heterocycles. The number of para-hydroxylation sites is 1. The summed E-state index contributed by atoms with van der Waals surface area (Å²) in [6.45, 7) is 2.12. The van der Waals surface area contributed by atoms with Crippen LogP contribution in [0.2, 0.25) is 5.02 Å². The average Bonchev–Trinajstić information content (AvgIpc) is 3.28. The van der Waals surface area contributed by atoms with Crippen LogP contribution in [0.4, 0.5) is 5.69 Å². The lowest BCUT2D eigenvalue weighted by molar-refractivity contribution is 0.174. The zero-order valence-corrected chi connectivity index (χ0v) is 14.9. The Bertz CT molecular complexity index is 955. The summed E-state index contributed by atoms with van der Waals surface area (Å²) in [4.78, 5) is 2.44. The smallest absolute Gasteiger partial charge is 0.231 e. The molecule has 130 valence electrons. The molecule has 0 spiro atoms. The van der Waals surface area contributed by atoms with Crippen molar-refractivity contribution in [3.63, 3.8) is 0 Å². The average molecular weight is 364 g/mol. The lowest BCUT2D eigenvalue weighted by Crippen LogP contribution is -2.21. The molecular weight excluding hydrogens is 346 g/mol. The third-order valence-corrected chi connectivity index (χ3v) is 5.39. The second kappa shape index (κ2) is 6.26. The van der Waals surface area contributed by atoms with Crippen molar-refractivity contribution in [3.8, 4) is 11.5 Å². The topological polar surface area (TPSA) is 21.7 Å². The molecule has 26 heavy (non-hydrogen) atoms. The number of nitrogens with zero attached hydrogens (tertiary/aromatic N) is 1. The van der Waals surface area contributed by atoms with Crippen LogP contribution in [0.25, 0.3) is 0 Å². The molecule has 2 aliphatic heterocycles. The van der Waals surface area contributed by atoms with Gasteiger partial charge < -0.3 is 14.4 Å². The fraction of sp³-hybridized carbons (Fsp3) is 0.182. The van der Waals surface area contributed by atoms with Crippen molar-refractivity contribution in [1.29, 1.82) is 0 Å². The predicted octanol–water partition coefficient (Wildman–Crippen LogP) is 5.22. The summed E-state index contributed by atoms with van der Waals surface area (Å²) in [7, 11) is 0. The van der Waals surface area contributed by atoms with Gasteiger partial charge in [-0.2, -0.15) is 0 Å². The first-order chi connectivity index (χ1) is 12.8. The number of anilines is 1. The second-order valence-corrected chi connectivity index (χ2v) is 7.17. The normalized spacial score (nSPS) is 17.4. The van der Waals surface area contributed by atoms with Gasteiger partial charge in [-0.3, -0.25) is 0 Å². The van der Waals surface area contributed by atoms with Gasteiger partial charge in [-0.1, -0.05) is 48.0 Å². The zero-order chi connectivity index (χ0) is 17.5. The maximum atomic E-state index is 6.02. The second-order valence-electron chi connectivity index (χ2n) is 6.73. The van der Waals surface area contributed by atoms with Crippen molar-refractivity contribution in [1.82, 2.24) is 0 Å². The van der Waals surface area contributed by atoms with E-state index in [9.17, 15) is 0 Å². The molecule has 1 atom stereocenters. The molecule has 0 saturated carbocycles.